The molecule has 116 valence electrons. The molecule has 1 saturated heterocycles. The zero-order valence-electron chi connectivity index (χ0n) is 12.5. The van der Waals surface area contributed by atoms with E-state index in [1.54, 1.807) is 4.57 Å². The lowest BCUT2D eigenvalue weighted by atomic mass is 9.93. The lowest BCUT2D eigenvalue weighted by molar-refractivity contribution is -0.384. The van der Waals surface area contributed by atoms with E-state index in [9.17, 15) is 14.9 Å². The van der Waals surface area contributed by atoms with Crippen LogP contribution in [0.15, 0.2) is 12.3 Å². The maximum atomic E-state index is 12.3. The Balaban J connectivity index is 2.06. The van der Waals surface area contributed by atoms with Crippen LogP contribution in [-0.4, -0.2) is 34.5 Å². The van der Waals surface area contributed by atoms with Gasteiger partial charge in [0.15, 0.2) is 0 Å². The van der Waals surface area contributed by atoms with Crippen LogP contribution in [0.3, 0.4) is 0 Å². The van der Waals surface area contributed by atoms with Crippen LogP contribution in [0.2, 0.25) is 0 Å². The quantitative estimate of drug-likeness (QED) is 0.636. The highest BCUT2D eigenvalue weighted by Gasteiger charge is 2.24. The molecule has 7 heteroatoms. The fourth-order valence-electron chi connectivity index (χ4n) is 2.75. The van der Waals surface area contributed by atoms with Gasteiger partial charge in [-0.1, -0.05) is 0 Å². The monoisotopic (exact) mass is 294 g/mol. The Hall–Kier alpha value is -1.89. The Bertz CT molecular complexity index is 520. The number of carbonyl (C=O) groups excluding carboxylic acids is 1. The van der Waals surface area contributed by atoms with Crippen LogP contribution in [-0.2, 0) is 6.54 Å². The van der Waals surface area contributed by atoms with Crippen molar-refractivity contribution in [3.63, 3.8) is 0 Å². The number of nitro groups is 1. The molecule has 7 nitrogen and oxygen atoms in total. The first kappa shape index (κ1) is 15.5. The average Bonchev–Trinajstić information content (AvgIpc) is 2.92. The number of carbonyl (C=O) groups is 1. The predicted octanol–water partition coefficient (Wildman–Crippen LogP) is 1.53. The van der Waals surface area contributed by atoms with Crippen LogP contribution in [0, 0.1) is 16.0 Å². The highest BCUT2D eigenvalue weighted by molar-refractivity contribution is 5.93. The molecule has 0 saturated carbocycles. The summed E-state index contributed by atoms with van der Waals surface area (Å²) in [7, 11) is 0. The van der Waals surface area contributed by atoms with E-state index in [4.69, 9.17) is 0 Å². The van der Waals surface area contributed by atoms with Gasteiger partial charge in [0, 0.05) is 18.7 Å². The summed E-state index contributed by atoms with van der Waals surface area (Å²) in [6.07, 6.45) is 3.60. The summed E-state index contributed by atoms with van der Waals surface area (Å²) in [4.78, 5) is 22.7. The molecule has 2 rings (SSSR count). The molecule has 2 atom stereocenters. The van der Waals surface area contributed by atoms with Gasteiger partial charge in [-0.25, -0.2) is 0 Å². The second-order valence-electron chi connectivity index (χ2n) is 5.50. The minimum atomic E-state index is -0.475. The number of aryl methyl sites for hydroxylation is 1. The number of piperidine rings is 1. The lowest BCUT2D eigenvalue weighted by Gasteiger charge is -2.29. The van der Waals surface area contributed by atoms with Gasteiger partial charge in [-0.3, -0.25) is 14.9 Å². The number of aromatic nitrogens is 1. The van der Waals surface area contributed by atoms with Crippen molar-refractivity contribution in [3.05, 3.63) is 28.1 Å². The number of hydrogen-bond acceptors (Lipinski definition) is 4. The molecular formula is C14H22N4O3. The van der Waals surface area contributed by atoms with Crippen LogP contribution < -0.4 is 10.6 Å². The zero-order valence-corrected chi connectivity index (χ0v) is 12.5. The normalized spacial score (nSPS) is 20.0. The average molecular weight is 294 g/mol. The topological polar surface area (TPSA) is 89.2 Å². The smallest absolute Gasteiger partial charge is 0.287 e. The number of nitrogens with one attached hydrogen (secondary N) is 2. The van der Waals surface area contributed by atoms with E-state index in [2.05, 4.69) is 10.6 Å². The summed E-state index contributed by atoms with van der Waals surface area (Å²) in [5.41, 5.74) is 0.300. The molecule has 1 aliphatic heterocycles. The van der Waals surface area contributed by atoms with Gasteiger partial charge >= 0.3 is 0 Å². The van der Waals surface area contributed by atoms with E-state index in [0.29, 0.717) is 18.2 Å². The second kappa shape index (κ2) is 6.71. The van der Waals surface area contributed by atoms with Crippen molar-refractivity contribution in [2.45, 2.75) is 39.3 Å². The third kappa shape index (κ3) is 3.60. The minimum absolute atomic E-state index is 0.0459. The first-order chi connectivity index (χ1) is 10.0. The minimum Gasteiger partial charge on any atom is -0.348 e. The molecule has 1 amide bonds. The largest absolute Gasteiger partial charge is 0.348 e. The SMILES string of the molecule is CCn1cc([N+](=O)[O-])cc1C(=O)NC(C)C1CCCNC1. The van der Waals surface area contributed by atoms with E-state index in [1.165, 1.54) is 12.3 Å². The van der Waals surface area contributed by atoms with Crippen LogP contribution in [0.25, 0.3) is 0 Å². The second-order valence-corrected chi connectivity index (χ2v) is 5.50. The highest BCUT2D eigenvalue weighted by Crippen LogP contribution is 2.18. The number of nitrogens with zero attached hydrogens (tertiary/aromatic N) is 2. The maximum Gasteiger partial charge on any atom is 0.287 e. The molecule has 1 aromatic rings. The third-order valence-electron chi connectivity index (χ3n) is 4.07. The Morgan fingerprint density at radius 3 is 3.00 bits per heavy atom. The summed E-state index contributed by atoms with van der Waals surface area (Å²) in [6.45, 7) is 6.30. The van der Waals surface area contributed by atoms with Crippen molar-refractivity contribution in [1.82, 2.24) is 15.2 Å². The van der Waals surface area contributed by atoms with E-state index in [0.717, 1.165) is 25.9 Å². The van der Waals surface area contributed by atoms with Gasteiger partial charge in [-0.15, -0.1) is 0 Å². The van der Waals surface area contributed by atoms with Crippen LogP contribution in [0.5, 0.6) is 0 Å². The van der Waals surface area contributed by atoms with Gasteiger partial charge in [0.25, 0.3) is 11.6 Å². The molecule has 2 unspecified atom stereocenters. The molecule has 2 heterocycles. The van der Waals surface area contributed by atoms with Crippen molar-refractivity contribution in [2.24, 2.45) is 5.92 Å². The van der Waals surface area contributed by atoms with Crippen molar-refractivity contribution in [3.8, 4) is 0 Å². The van der Waals surface area contributed by atoms with Crippen LogP contribution >= 0.6 is 0 Å². The van der Waals surface area contributed by atoms with Gasteiger partial charge in [-0.05, 0) is 45.7 Å². The first-order valence-corrected chi connectivity index (χ1v) is 7.39. The first-order valence-electron chi connectivity index (χ1n) is 7.39. The van der Waals surface area contributed by atoms with Gasteiger partial charge in [0.05, 0.1) is 11.1 Å². The maximum absolute atomic E-state index is 12.3. The van der Waals surface area contributed by atoms with E-state index in [1.807, 2.05) is 13.8 Å². The lowest BCUT2D eigenvalue weighted by Crippen LogP contribution is -2.44. The molecule has 0 aliphatic carbocycles. The molecule has 1 fully saturated rings. The zero-order chi connectivity index (χ0) is 15.4. The molecule has 1 aromatic heterocycles. The van der Waals surface area contributed by atoms with E-state index < -0.39 is 4.92 Å². The standard InChI is InChI=1S/C14H22N4O3/c1-3-17-9-12(18(20)21)7-13(17)14(19)16-10(2)11-5-4-6-15-8-11/h7,9-11,15H,3-6,8H2,1-2H3,(H,16,19). The fourth-order valence-corrected chi connectivity index (χ4v) is 2.75. The van der Waals surface area contributed by atoms with Gasteiger partial charge < -0.3 is 15.2 Å². The molecule has 0 spiro atoms. The Morgan fingerprint density at radius 1 is 1.67 bits per heavy atom. The van der Waals surface area contributed by atoms with Crippen LogP contribution in [0.4, 0.5) is 5.69 Å². The Labute approximate surface area is 123 Å². The van der Waals surface area contributed by atoms with E-state index >= 15 is 0 Å². The van der Waals surface area contributed by atoms with Crippen molar-refractivity contribution >= 4 is 11.6 Å². The van der Waals surface area contributed by atoms with Gasteiger partial charge in [0.2, 0.25) is 0 Å². The molecule has 21 heavy (non-hydrogen) atoms. The summed E-state index contributed by atoms with van der Waals surface area (Å²) < 4.78 is 1.61. The Morgan fingerprint density at radius 2 is 2.43 bits per heavy atom. The summed E-state index contributed by atoms with van der Waals surface area (Å²) >= 11 is 0. The third-order valence-corrected chi connectivity index (χ3v) is 4.07. The van der Waals surface area contributed by atoms with Gasteiger partial charge in [0.1, 0.15) is 5.69 Å². The predicted molar refractivity (Wildman–Crippen MR) is 79.3 cm³/mol. The van der Waals surface area contributed by atoms with Crippen LogP contribution in [0.1, 0.15) is 37.2 Å². The van der Waals surface area contributed by atoms with Crippen molar-refractivity contribution in [2.75, 3.05) is 13.1 Å². The van der Waals surface area contributed by atoms with Crippen molar-refractivity contribution < 1.29 is 9.72 Å². The van der Waals surface area contributed by atoms with E-state index in [-0.39, 0.29) is 17.6 Å². The molecule has 0 radical (unpaired) electrons. The molecule has 1 aliphatic rings. The number of hydrogen-bond donors (Lipinski definition) is 2. The Kier molecular flexibility index (Phi) is 4.95. The van der Waals surface area contributed by atoms with Gasteiger partial charge in [-0.2, -0.15) is 0 Å². The number of rotatable bonds is 5. The molecule has 2 N–H and O–H groups in total. The van der Waals surface area contributed by atoms with Crippen molar-refractivity contribution in [1.29, 1.82) is 0 Å². The molecular weight excluding hydrogens is 272 g/mol. The summed E-state index contributed by atoms with van der Waals surface area (Å²) in [6, 6.07) is 1.38. The number of amides is 1. The molecule has 0 aromatic carbocycles. The summed E-state index contributed by atoms with van der Waals surface area (Å²) in [5, 5.41) is 17.1. The fraction of sp³-hybridized carbons (Fsp3) is 0.643. The highest BCUT2D eigenvalue weighted by atomic mass is 16.6. The summed E-state index contributed by atoms with van der Waals surface area (Å²) in [5.74, 6) is 0.158. The molecule has 0 bridgehead atoms.